The van der Waals surface area contributed by atoms with Crippen molar-refractivity contribution >= 4 is 23.1 Å². The Hall–Kier alpha value is -2.09. The molecule has 8 heteroatoms. The molecule has 1 N–H and O–H groups in total. The van der Waals surface area contributed by atoms with Gasteiger partial charge in [-0.3, -0.25) is 4.79 Å². The summed E-state index contributed by atoms with van der Waals surface area (Å²) in [6, 6.07) is 6.50. The molecule has 0 aliphatic heterocycles. The zero-order valence-electron chi connectivity index (χ0n) is 9.76. The van der Waals surface area contributed by atoms with E-state index in [0.717, 1.165) is 0 Å². The second-order valence-corrected chi connectivity index (χ2v) is 4.22. The first kappa shape index (κ1) is 13.3. The fourth-order valence-electron chi connectivity index (χ4n) is 1.36. The van der Waals surface area contributed by atoms with Crippen LogP contribution in [0.4, 0.5) is 14.5 Å². The second kappa shape index (κ2) is 5.70. The molecule has 0 aliphatic rings. The average Bonchev–Trinajstić information content (AvgIpc) is 2.89. The molecule has 100 valence electrons. The first-order valence-corrected chi connectivity index (χ1v) is 5.95. The topological polar surface area (TPSA) is 64.1 Å². The molecule has 0 atom stereocenters. The Balaban J connectivity index is 2.13. The highest BCUT2D eigenvalue weighted by Crippen LogP contribution is 2.24. The highest BCUT2D eigenvalue weighted by Gasteiger charge is 2.23. The maximum Gasteiger partial charge on any atom is 0.283 e. The van der Waals surface area contributed by atoms with Crippen molar-refractivity contribution in [2.75, 3.05) is 12.4 Å². The van der Waals surface area contributed by atoms with Crippen LogP contribution in [0, 0.1) is 0 Å². The third kappa shape index (κ3) is 3.02. The Bertz CT molecular complexity index is 572. The summed E-state index contributed by atoms with van der Waals surface area (Å²) in [6.45, 7) is 0. The quantitative estimate of drug-likeness (QED) is 0.938. The van der Waals surface area contributed by atoms with E-state index >= 15 is 0 Å². The van der Waals surface area contributed by atoms with E-state index in [1.807, 2.05) is 0 Å². The molecule has 0 saturated carbocycles. The van der Waals surface area contributed by atoms with Crippen LogP contribution in [0.5, 0.6) is 5.75 Å². The van der Waals surface area contributed by atoms with Gasteiger partial charge < -0.3 is 10.1 Å². The Morgan fingerprint density at radius 2 is 2.05 bits per heavy atom. The van der Waals surface area contributed by atoms with Crippen molar-refractivity contribution in [1.29, 1.82) is 0 Å². The van der Waals surface area contributed by atoms with E-state index in [0.29, 0.717) is 23.0 Å². The number of carbonyl (C=O) groups is 1. The second-order valence-electron chi connectivity index (χ2n) is 3.47. The molecule has 0 aliphatic carbocycles. The van der Waals surface area contributed by atoms with Gasteiger partial charge in [0, 0.05) is 5.69 Å². The van der Waals surface area contributed by atoms with Crippen LogP contribution in [0.1, 0.15) is 21.8 Å². The molecule has 5 nitrogen and oxygen atoms in total. The average molecular weight is 285 g/mol. The number of benzene rings is 1. The zero-order chi connectivity index (χ0) is 13.8. The van der Waals surface area contributed by atoms with E-state index in [1.165, 1.54) is 7.11 Å². The third-order valence-electron chi connectivity index (χ3n) is 2.27. The summed E-state index contributed by atoms with van der Waals surface area (Å²) in [6.07, 6.45) is -2.82. The smallest absolute Gasteiger partial charge is 0.283 e. The predicted molar refractivity (Wildman–Crippen MR) is 65.8 cm³/mol. The fourth-order valence-corrected chi connectivity index (χ4v) is 1.93. The van der Waals surface area contributed by atoms with Gasteiger partial charge in [-0.15, -0.1) is 5.10 Å². The van der Waals surface area contributed by atoms with E-state index in [-0.39, 0.29) is 4.88 Å². The monoisotopic (exact) mass is 285 g/mol. The SMILES string of the molecule is COc1ccc(NC(=O)c2snnc2C(F)F)cc1. The Labute approximate surface area is 111 Å². The first-order chi connectivity index (χ1) is 9.11. The van der Waals surface area contributed by atoms with E-state index in [9.17, 15) is 13.6 Å². The molecule has 0 bridgehead atoms. The van der Waals surface area contributed by atoms with E-state index in [4.69, 9.17) is 4.74 Å². The van der Waals surface area contributed by atoms with Crippen LogP contribution in [0.3, 0.4) is 0 Å². The summed E-state index contributed by atoms with van der Waals surface area (Å²) >= 11 is 0.635. The van der Waals surface area contributed by atoms with Gasteiger partial charge in [0.15, 0.2) is 5.69 Å². The molecule has 2 rings (SSSR count). The summed E-state index contributed by atoms with van der Waals surface area (Å²) in [5.41, 5.74) is -0.129. The lowest BCUT2D eigenvalue weighted by Gasteiger charge is -2.05. The van der Waals surface area contributed by atoms with E-state index in [1.54, 1.807) is 24.3 Å². The van der Waals surface area contributed by atoms with E-state index in [2.05, 4.69) is 14.9 Å². The van der Waals surface area contributed by atoms with E-state index < -0.39 is 18.0 Å². The number of alkyl halides is 2. The molecule has 0 saturated heterocycles. The molecule has 2 aromatic rings. The summed E-state index contributed by atoms with van der Waals surface area (Å²) in [5, 5.41) is 5.74. The number of carbonyl (C=O) groups excluding carboxylic acids is 1. The number of hydrogen-bond acceptors (Lipinski definition) is 5. The number of aromatic nitrogens is 2. The van der Waals surface area contributed by atoms with Gasteiger partial charge in [-0.1, -0.05) is 4.49 Å². The van der Waals surface area contributed by atoms with Crippen LogP contribution >= 0.6 is 11.5 Å². The van der Waals surface area contributed by atoms with Crippen LogP contribution in [-0.4, -0.2) is 22.6 Å². The lowest BCUT2D eigenvalue weighted by atomic mass is 10.3. The third-order valence-corrected chi connectivity index (χ3v) is 3.01. The number of nitrogens with zero attached hydrogens (tertiary/aromatic N) is 2. The van der Waals surface area contributed by atoms with Crippen molar-refractivity contribution in [3.8, 4) is 5.75 Å². The van der Waals surface area contributed by atoms with Crippen molar-refractivity contribution in [1.82, 2.24) is 9.59 Å². The molecular weight excluding hydrogens is 276 g/mol. The van der Waals surface area contributed by atoms with Crippen LogP contribution in [0.2, 0.25) is 0 Å². The number of anilines is 1. The Morgan fingerprint density at radius 3 is 2.63 bits per heavy atom. The summed E-state index contributed by atoms with van der Waals surface area (Å²) in [5.74, 6) is -0.0267. The molecular formula is C11H9F2N3O2S. The number of methoxy groups -OCH3 is 1. The molecule has 1 aromatic carbocycles. The summed E-state index contributed by atoms with van der Waals surface area (Å²) in [4.78, 5) is 11.6. The number of hydrogen-bond donors (Lipinski definition) is 1. The highest BCUT2D eigenvalue weighted by molar-refractivity contribution is 7.08. The molecule has 0 unspecified atom stereocenters. The largest absolute Gasteiger partial charge is 0.497 e. The van der Waals surface area contributed by atoms with Gasteiger partial charge in [-0.05, 0) is 35.8 Å². The normalized spacial score (nSPS) is 10.5. The number of amides is 1. The molecule has 0 spiro atoms. The number of rotatable bonds is 4. The van der Waals surface area contributed by atoms with Gasteiger partial charge in [-0.25, -0.2) is 8.78 Å². The van der Waals surface area contributed by atoms with Gasteiger partial charge in [0.05, 0.1) is 7.11 Å². The number of halogens is 2. The van der Waals surface area contributed by atoms with Crippen LogP contribution < -0.4 is 10.1 Å². The van der Waals surface area contributed by atoms with Gasteiger partial charge in [0.2, 0.25) is 0 Å². The van der Waals surface area contributed by atoms with Crippen LogP contribution in [-0.2, 0) is 0 Å². The fraction of sp³-hybridized carbons (Fsp3) is 0.182. The Morgan fingerprint density at radius 1 is 1.37 bits per heavy atom. The molecule has 1 heterocycles. The minimum Gasteiger partial charge on any atom is -0.497 e. The van der Waals surface area contributed by atoms with Crippen LogP contribution in [0.25, 0.3) is 0 Å². The minimum absolute atomic E-state index is 0.189. The molecule has 1 aromatic heterocycles. The summed E-state index contributed by atoms with van der Waals surface area (Å²) in [7, 11) is 1.52. The zero-order valence-corrected chi connectivity index (χ0v) is 10.6. The van der Waals surface area contributed by atoms with Crippen LogP contribution in [0.15, 0.2) is 24.3 Å². The lowest BCUT2D eigenvalue weighted by Crippen LogP contribution is -2.12. The molecule has 0 radical (unpaired) electrons. The first-order valence-electron chi connectivity index (χ1n) is 5.17. The highest BCUT2D eigenvalue weighted by atomic mass is 32.1. The standard InChI is InChI=1S/C11H9F2N3O2S/c1-18-7-4-2-6(3-5-7)14-11(17)9-8(10(12)13)15-16-19-9/h2-5,10H,1H3,(H,14,17). The molecule has 1 amide bonds. The van der Waals surface area contributed by atoms with Crippen molar-refractivity contribution in [3.05, 3.63) is 34.8 Å². The minimum atomic E-state index is -2.82. The van der Waals surface area contributed by atoms with Crippen molar-refractivity contribution < 1.29 is 18.3 Å². The van der Waals surface area contributed by atoms with Crippen molar-refractivity contribution in [2.45, 2.75) is 6.43 Å². The van der Waals surface area contributed by atoms with Crippen molar-refractivity contribution in [2.24, 2.45) is 0 Å². The van der Waals surface area contributed by atoms with Gasteiger partial charge in [0.1, 0.15) is 10.6 Å². The summed E-state index contributed by atoms with van der Waals surface area (Å²) < 4.78 is 33.5. The maximum atomic E-state index is 12.6. The number of nitrogens with one attached hydrogen (secondary N) is 1. The van der Waals surface area contributed by atoms with Gasteiger partial charge >= 0.3 is 0 Å². The number of ether oxygens (including phenoxy) is 1. The van der Waals surface area contributed by atoms with Crippen molar-refractivity contribution in [3.63, 3.8) is 0 Å². The predicted octanol–water partition coefficient (Wildman–Crippen LogP) is 2.74. The van der Waals surface area contributed by atoms with Gasteiger partial charge in [0.25, 0.3) is 12.3 Å². The lowest BCUT2D eigenvalue weighted by molar-refractivity contribution is 0.101. The Kier molecular flexibility index (Phi) is 4.00. The molecule has 0 fully saturated rings. The maximum absolute atomic E-state index is 12.6. The van der Waals surface area contributed by atoms with Gasteiger partial charge in [-0.2, -0.15) is 0 Å². The molecule has 19 heavy (non-hydrogen) atoms.